The van der Waals surface area contributed by atoms with Gasteiger partial charge in [0, 0.05) is 19.8 Å². The standard InChI is InChI=1S/C14H21N3O3S/c1-17-8-11(21(15,19)20)6-13(17)14(18)16-7-12(9-2-3-9)10-4-5-10/h6,8-10,12H,2-5,7H2,1H3,(H,16,18)(H2,15,19,20). The van der Waals surface area contributed by atoms with E-state index in [4.69, 9.17) is 5.14 Å². The number of nitrogens with two attached hydrogens (primary N) is 1. The Labute approximate surface area is 124 Å². The van der Waals surface area contributed by atoms with Crippen molar-refractivity contribution in [3.8, 4) is 0 Å². The smallest absolute Gasteiger partial charge is 0.267 e. The molecular weight excluding hydrogens is 290 g/mol. The first kappa shape index (κ1) is 14.6. The third-order valence-corrected chi connectivity index (χ3v) is 5.37. The van der Waals surface area contributed by atoms with Gasteiger partial charge in [0.25, 0.3) is 5.91 Å². The lowest BCUT2D eigenvalue weighted by Gasteiger charge is -2.16. The van der Waals surface area contributed by atoms with Crippen LogP contribution in [0, 0.1) is 17.8 Å². The lowest BCUT2D eigenvalue weighted by Crippen LogP contribution is -2.32. The fraction of sp³-hybridized carbons (Fsp3) is 0.643. The van der Waals surface area contributed by atoms with Crippen molar-refractivity contribution in [2.75, 3.05) is 6.54 Å². The Bertz CT molecular complexity index is 645. The maximum Gasteiger partial charge on any atom is 0.267 e. The van der Waals surface area contributed by atoms with Gasteiger partial charge in [-0.05, 0) is 49.5 Å². The number of primary sulfonamides is 1. The van der Waals surface area contributed by atoms with Gasteiger partial charge in [0.05, 0.1) is 0 Å². The van der Waals surface area contributed by atoms with Crippen LogP contribution in [0.25, 0.3) is 0 Å². The monoisotopic (exact) mass is 311 g/mol. The zero-order valence-electron chi connectivity index (χ0n) is 12.1. The van der Waals surface area contributed by atoms with Gasteiger partial charge in [0.2, 0.25) is 10.0 Å². The fourth-order valence-electron chi connectivity index (χ4n) is 2.98. The molecule has 1 heterocycles. The number of nitrogens with one attached hydrogen (secondary N) is 1. The second kappa shape index (κ2) is 5.14. The minimum absolute atomic E-state index is 0.0314. The zero-order valence-corrected chi connectivity index (χ0v) is 12.9. The van der Waals surface area contributed by atoms with Gasteiger partial charge >= 0.3 is 0 Å². The Kier molecular flexibility index (Phi) is 3.57. The maximum atomic E-state index is 12.2. The van der Waals surface area contributed by atoms with E-state index >= 15 is 0 Å². The molecule has 0 atom stereocenters. The number of aryl methyl sites for hydroxylation is 1. The first-order valence-corrected chi connectivity index (χ1v) is 8.88. The number of sulfonamides is 1. The van der Waals surface area contributed by atoms with Crippen molar-refractivity contribution in [1.82, 2.24) is 9.88 Å². The van der Waals surface area contributed by atoms with E-state index in [0.717, 1.165) is 11.8 Å². The van der Waals surface area contributed by atoms with E-state index in [1.807, 2.05) is 0 Å². The van der Waals surface area contributed by atoms with Gasteiger partial charge < -0.3 is 9.88 Å². The van der Waals surface area contributed by atoms with E-state index in [2.05, 4.69) is 5.32 Å². The molecule has 0 unspecified atom stereocenters. The number of amides is 1. The summed E-state index contributed by atoms with van der Waals surface area (Å²) in [5.74, 6) is 1.89. The summed E-state index contributed by atoms with van der Waals surface area (Å²) >= 11 is 0. The molecule has 3 N–H and O–H groups in total. The van der Waals surface area contributed by atoms with E-state index in [9.17, 15) is 13.2 Å². The lowest BCUT2D eigenvalue weighted by atomic mass is 9.98. The van der Waals surface area contributed by atoms with Gasteiger partial charge in [-0.25, -0.2) is 13.6 Å². The van der Waals surface area contributed by atoms with Crippen LogP contribution in [0.15, 0.2) is 17.2 Å². The third kappa shape index (κ3) is 3.29. The van der Waals surface area contributed by atoms with Crippen LogP contribution >= 0.6 is 0 Å². The molecule has 1 amide bonds. The van der Waals surface area contributed by atoms with Crippen LogP contribution in [-0.4, -0.2) is 25.4 Å². The van der Waals surface area contributed by atoms with Crippen molar-refractivity contribution in [2.45, 2.75) is 30.6 Å². The number of hydrogen-bond acceptors (Lipinski definition) is 3. The molecule has 3 rings (SSSR count). The predicted octanol–water partition coefficient (Wildman–Crippen LogP) is 0.838. The highest BCUT2D eigenvalue weighted by Crippen LogP contribution is 2.48. The van der Waals surface area contributed by atoms with Crippen molar-refractivity contribution in [1.29, 1.82) is 0 Å². The fourth-order valence-corrected chi connectivity index (χ4v) is 3.56. The van der Waals surface area contributed by atoms with Gasteiger partial charge in [0.15, 0.2) is 0 Å². The van der Waals surface area contributed by atoms with Crippen molar-refractivity contribution in [3.63, 3.8) is 0 Å². The molecule has 2 aliphatic rings. The summed E-state index contributed by atoms with van der Waals surface area (Å²) in [4.78, 5) is 12.2. The Morgan fingerprint density at radius 3 is 2.38 bits per heavy atom. The number of carbonyl (C=O) groups is 1. The number of rotatable bonds is 6. The summed E-state index contributed by atoms with van der Waals surface area (Å²) in [6.45, 7) is 0.685. The highest BCUT2D eigenvalue weighted by molar-refractivity contribution is 7.89. The average Bonchev–Trinajstić information content (AvgIpc) is 3.28. The predicted molar refractivity (Wildman–Crippen MR) is 78.1 cm³/mol. The molecule has 1 aromatic rings. The molecule has 7 heteroatoms. The molecule has 2 aliphatic carbocycles. The Morgan fingerprint density at radius 1 is 1.38 bits per heavy atom. The number of hydrogen-bond donors (Lipinski definition) is 2. The lowest BCUT2D eigenvalue weighted by molar-refractivity contribution is 0.0935. The summed E-state index contributed by atoms with van der Waals surface area (Å²) in [7, 11) is -2.14. The first-order valence-electron chi connectivity index (χ1n) is 7.33. The molecule has 1 aromatic heterocycles. The van der Waals surface area contributed by atoms with Gasteiger partial charge in [-0.2, -0.15) is 0 Å². The van der Waals surface area contributed by atoms with Crippen molar-refractivity contribution in [2.24, 2.45) is 29.9 Å². The van der Waals surface area contributed by atoms with Gasteiger partial charge in [-0.1, -0.05) is 0 Å². The first-order chi connectivity index (χ1) is 9.86. The molecule has 0 aliphatic heterocycles. The summed E-state index contributed by atoms with van der Waals surface area (Å²) in [6, 6.07) is 1.33. The second-order valence-corrected chi connectivity index (χ2v) is 7.83. The minimum atomic E-state index is -3.78. The van der Waals surface area contributed by atoms with Gasteiger partial charge in [-0.15, -0.1) is 0 Å². The molecule has 116 valence electrons. The van der Waals surface area contributed by atoms with Crippen molar-refractivity contribution < 1.29 is 13.2 Å². The van der Waals surface area contributed by atoms with Crippen molar-refractivity contribution in [3.05, 3.63) is 18.0 Å². The Balaban J connectivity index is 1.66. The van der Waals surface area contributed by atoms with Crippen LogP contribution in [0.2, 0.25) is 0 Å². The van der Waals surface area contributed by atoms with E-state index in [0.29, 0.717) is 18.2 Å². The molecule has 0 bridgehead atoms. The molecule has 0 spiro atoms. The van der Waals surface area contributed by atoms with Gasteiger partial charge in [-0.3, -0.25) is 4.79 Å². The highest BCUT2D eigenvalue weighted by atomic mass is 32.2. The van der Waals surface area contributed by atoms with Crippen LogP contribution in [0.4, 0.5) is 0 Å². The molecule has 2 fully saturated rings. The van der Waals surface area contributed by atoms with E-state index in [1.54, 1.807) is 7.05 Å². The van der Waals surface area contributed by atoms with Crippen LogP contribution in [0.5, 0.6) is 0 Å². The summed E-state index contributed by atoms with van der Waals surface area (Å²) < 4.78 is 24.1. The second-order valence-electron chi connectivity index (χ2n) is 6.27. The number of nitrogens with zero attached hydrogens (tertiary/aromatic N) is 1. The molecule has 0 saturated heterocycles. The maximum absolute atomic E-state index is 12.2. The summed E-state index contributed by atoms with van der Waals surface area (Å²) in [5, 5.41) is 8.04. The molecule has 0 radical (unpaired) electrons. The zero-order chi connectivity index (χ0) is 15.2. The van der Waals surface area contributed by atoms with Crippen LogP contribution in [0.1, 0.15) is 36.2 Å². The number of aromatic nitrogens is 1. The molecule has 21 heavy (non-hydrogen) atoms. The molecular formula is C14H21N3O3S. The SMILES string of the molecule is Cn1cc(S(N)(=O)=O)cc1C(=O)NCC(C1CC1)C1CC1. The quantitative estimate of drug-likeness (QED) is 0.815. The van der Waals surface area contributed by atoms with E-state index in [-0.39, 0.29) is 10.8 Å². The van der Waals surface area contributed by atoms with Crippen LogP contribution < -0.4 is 10.5 Å². The molecule has 2 saturated carbocycles. The third-order valence-electron chi connectivity index (χ3n) is 4.49. The normalized spacial score (nSPS) is 19.0. The number of carbonyl (C=O) groups excluding carboxylic acids is 1. The highest BCUT2D eigenvalue weighted by Gasteiger charge is 2.41. The summed E-state index contributed by atoms with van der Waals surface area (Å²) in [6.07, 6.45) is 6.46. The van der Waals surface area contributed by atoms with E-state index in [1.165, 1.54) is 42.5 Å². The van der Waals surface area contributed by atoms with E-state index < -0.39 is 10.0 Å². The molecule has 0 aromatic carbocycles. The van der Waals surface area contributed by atoms with Crippen LogP contribution in [0.3, 0.4) is 0 Å². The Morgan fingerprint density at radius 2 is 1.95 bits per heavy atom. The van der Waals surface area contributed by atoms with Crippen LogP contribution in [-0.2, 0) is 17.1 Å². The Hall–Kier alpha value is -1.34. The minimum Gasteiger partial charge on any atom is -0.350 e. The molecule has 6 nitrogen and oxygen atoms in total. The largest absolute Gasteiger partial charge is 0.350 e. The summed E-state index contributed by atoms with van der Waals surface area (Å²) in [5.41, 5.74) is 0.323. The van der Waals surface area contributed by atoms with Crippen molar-refractivity contribution >= 4 is 15.9 Å². The van der Waals surface area contributed by atoms with Gasteiger partial charge in [0.1, 0.15) is 10.6 Å². The topological polar surface area (TPSA) is 94.2 Å². The average molecular weight is 311 g/mol.